The van der Waals surface area contributed by atoms with Crippen LogP contribution in [0.3, 0.4) is 0 Å². The van der Waals surface area contributed by atoms with Crippen molar-refractivity contribution in [3.8, 4) is 0 Å². The first-order valence-electron chi connectivity index (χ1n) is 7.28. The third-order valence-corrected chi connectivity index (χ3v) is 4.58. The Balaban J connectivity index is 1.89. The first-order chi connectivity index (χ1) is 9.60. The van der Waals surface area contributed by atoms with Crippen LogP contribution in [-0.2, 0) is 4.74 Å². The number of hydroxylamine groups is 1. The predicted molar refractivity (Wildman–Crippen MR) is 78.9 cm³/mol. The largest absolute Gasteiger partial charge is 0.624 e. The second-order valence-electron chi connectivity index (χ2n) is 6.06. The van der Waals surface area contributed by atoms with Gasteiger partial charge in [0.05, 0.1) is 12.0 Å². The Kier molecular flexibility index (Phi) is 3.52. The zero-order chi connectivity index (χ0) is 14.2. The van der Waals surface area contributed by atoms with Crippen LogP contribution in [0.5, 0.6) is 0 Å². The topological polar surface area (TPSA) is 38.5 Å². The molecule has 0 saturated carbocycles. The van der Waals surface area contributed by atoms with Gasteiger partial charge in [0.25, 0.3) is 0 Å². The molecule has 1 aromatic carbocycles. The monoisotopic (exact) mass is 274 g/mol. The summed E-state index contributed by atoms with van der Waals surface area (Å²) >= 11 is 0. The Morgan fingerprint density at radius 1 is 1.25 bits per heavy atom. The lowest BCUT2D eigenvalue weighted by Crippen LogP contribution is -2.42. The first kappa shape index (κ1) is 13.6. The molecule has 0 radical (unpaired) electrons. The summed E-state index contributed by atoms with van der Waals surface area (Å²) in [5.41, 5.74) is 1.81. The van der Waals surface area contributed by atoms with Crippen molar-refractivity contribution in [2.45, 2.75) is 31.0 Å². The molecular weight excluding hydrogens is 252 g/mol. The quantitative estimate of drug-likeness (QED) is 0.447. The van der Waals surface area contributed by atoms with Crippen LogP contribution >= 0.6 is 0 Å². The second-order valence-corrected chi connectivity index (χ2v) is 6.06. The maximum absolute atomic E-state index is 11.9. The van der Waals surface area contributed by atoms with Crippen LogP contribution in [-0.4, -0.2) is 48.1 Å². The summed E-state index contributed by atoms with van der Waals surface area (Å²) in [5.74, 6) is 0. The third-order valence-electron chi connectivity index (χ3n) is 4.58. The third kappa shape index (κ3) is 2.45. The van der Waals surface area contributed by atoms with E-state index in [-0.39, 0.29) is 11.7 Å². The van der Waals surface area contributed by atoms with E-state index in [1.54, 1.807) is 7.05 Å². The highest BCUT2D eigenvalue weighted by molar-refractivity contribution is 5.88. The van der Waals surface area contributed by atoms with E-state index < -0.39 is 0 Å². The maximum Gasteiger partial charge on any atom is 0.199 e. The lowest BCUT2D eigenvalue weighted by Gasteiger charge is -2.36. The summed E-state index contributed by atoms with van der Waals surface area (Å²) in [6.07, 6.45) is 2.59. The van der Waals surface area contributed by atoms with Crippen molar-refractivity contribution in [1.29, 1.82) is 0 Å². The highest BCUT2D eigenvalue weighted by atomic mass is 16.5. The molecule has 0 bridgehead atoms. The first-order valence-corrected chi connectivity index (χ1v) is 7.28. The van der Waals surface area contributed by atoms with Gasteiger partial charge in [0.1, 0.15) is 7.05 Å². The molecule has 3 rings (SSSR count). The number of nitrogens with zero attached hydrogens (tertiary/aromatic N) is 2. The highest BCUT2D eigenvalue weighted by Crippen LogP contribution is 2.43. The molecule has 0 aliphatic carbocycles. The second kappa shape index (κ2) is 5.19. The molecule has 1 unspecified atom stereocenters. The van der Waals surface area contributed by atoms with Crippen molar-refractivity contribution < 1.29 is 9.48 Å². The van der Waals surface area contributed by atoms with Crippen molar-refractivity contribution in [3.63, 3.8) is 0 Å². The maximum atomic E-state index is 11.9. The Morgan fingerprint density at radius 3 is 2.50 bits per heavy atom. The summed E-state index contributed by atoms with van der Waals surface area (Å²) < 4.78 is 7.40. The average Bonchev–Trinajstić information content (AvgIpc) is 2.84. The fourth-order valence-corrected chi connectivity index (χ4v) is 3.27. The molecule has 2 heterocycles. The van der Waals surface area contributed by atoms with Gasteiger partial charge in [-0.15, -0.1) is 0 Å². The predicted octanol–water partition coefficient (Wildman–Crippen LogP) is 2.19. The molecule has 4 heteroatoms. The Morgan fingerprint density at radius 2 is 1.90 bits per heavy atom. The highest BCUT2D eigenvalue weighted by Gasteiger charge is 2.49. The minimum atomic E-state index is -0.179. The van der Waals surface area contributed by atoms with Crippen molar-refractivity contribution in [3.05, 3.63) is 41.1 Å². The van der Waals surface area contributed by atoms with Crippen LogP contribution in [0.2, 0.25) is 0 Å². The number of benzene rings is 1. The number of hydrogen-bond acceptors (Lipinski definition) is 3. The van der Waals surface area contributed by atoms with Crippen molar-refractivity contribution in [1.82, 2.24) is 4.90 Å². The van der Waals surface area contributed by atoms with Gasteiger partial charge in [0.2, 0.25) is 0 Å². The smallest absolute Gasteiger partial charge is 0.199 e. The van der Waals surface area contributed by atoms with Gasteiger partial charge in [-0.25, -0.2) is 4.74 Å². The van der Waals surface area contributed by atoms with Gasteiger partial charge >= 0.3 is 0 Å². The van der Waals surface area contributed by atoms with Crippen LogP contribution in [0.1, 0.15) is 30.9 Å². The molecule has 4 nitrogen and oxygen atoms in total. The fourth-order valence-electron chi connectivity index (χ4n) is 3.27. The molecule has 108 valence electrons. The molecule has 0 amide bonds. The van der Waals surface area contributed by atoms with E-state index in [1.807, 2.05) is 30.3 Å². The Labute approximate surface area is 120 Å². The normalized spacial score (nSPS) is 28.8. The zero-order valence-corrected chi connectivity index (χ0v) is 12.2. The van der Waals surface area contributed by atoms with E-state index in [0.717, 1.165) is 48.4 Å². The molecule has 2 aliphatic rings. The lowest BCUT2D eigenvalue weighted by molar-refractivity contribution is -0.426. The summed E-state index contributed by atoms with van der Waals surface area (Å²) in [4.78, 5) is 2.32. The standard InChI is InChI=1S/C16H22N2O2/c1-17-10-8-16(9-11-17)12-14(18(2)19)15(20-16)13-6-4-3-5-7-13/h3-7,15H,8-12H2,1-2H3/b18-14-. The molecule has 0 aromatic heterocycles. The van der Waals surface area contributed by atoms with Gasteiger partial charge < -0.3 is 14.8 Å². The summed E-state index contributed by atoms with van der Waals surface area (Å²) in [7, 11) is 3.73. The van der Waals surface area contributed by atoms with Crippen LogP contribution in [0.4, 0.5) is 0 Å². The van der Waals surface area contributed by atoms with Crippen molar-refractivity contribution >= 4 is 5.71 Å². The van der Waals surface area contributed by atoms with E-state index in [2.05, 4.69) is 11.9 Å². The Hall–Kier alpha value is -1.39. The van der Waals surface area contributed by atoms with Crippen LogP contribution < -0.4 is 0 Å². The van der Waals surface area contributed by atoms with Crippen molar-refractivity contribution in [2.24, 2.45) is 0 Å². The molecule has 2 fully saturated rings. The molecule has 0 N–H and O–H groups in total. The molecule has 1 aromatic rings. The molecule has 2 aliphatic heterocycles. The number of rotatable bonds is 1. The number of likely N-dealkylation sites (tertiary alicyclic amines) is 1. The number of piperidine rings is 1. The minimum Gasteiger partial charge on any atom is -0.624 e. The van der Waals surface area contributed by atoms with E-state index in [9.17, 15) is 5.21 Å². The average molecular weight is 274 g/mol. The molecule has 2 saturated heterocycles. The molecule has 1 atom stereocenters. The lowest BCUT2D eigenvalue weighted by atomic mass is 9.88. The summed E-state index contributed by atoms with van der Waals surface area (Å²) in [5, 5.41) is 11.9. The number of hydrogen-bond donors (Lipinski definition) is 0. The SMILES string of the molecule is CN1CCC2(CC1)C/C(=[N+](\C)[O-])C(c1ccccc1)O2. The molecule has 1 spiro atoms. The van der Waals surface area contributed by atoms with E-state index in [4.69, 9.17) is 4.74 Å². The number of ether oxygens (including phenoxy) is 1. The summed E-state index contributed by atoms with van der Waals surface area (Å²) in [6.45, 7) is 2.08. The van der Waals surface area contributed by atoms with Crippen LogP contribution in [0.25, 0.3) is 0 Å². The van der Waals surface area contributed by atoms with Crippen LogP contribution in [0, 0.1) is 5.21 Å². The zero-order valence-electron chi connectivity index (χ0n) is 12.2. The molecule has 20 heavy (non-hydrogen) atoms. The van der Waals surface area contributed by atoms with E-state index in [0.29, 0.717) is 0 Å². The fraction of sp³-hybridized carbons (Fsp3) is 0.562. The van der Waals surface area contributed by atoms with E-state index in [1.165, 1.54) is 0 Å². The van der Waals surface area contributed by atoms with Crippen molar-refractivity contribution in [2.75, 3.05) is 27.2 Å². The van der Waals surface area contributed by atoms with Gasteiger partial charge in [-0.1, -0.05) is 30.3 Å². The van der Waals surface area contributed by atoms with Gasteiger partial charge in [0, 0.05) is 13.1 Å². The van der Waals surface area contributed by atoms with E-state index >= 15 is 0 Å². The van der Waals surface area contributed by atoms with Gasteiger partial charge in [0.15, 0.2) is 11.8 Å². The minimum absolute atomic E-state index is 0.138. The van der Waals surface area contributed by atoms with Crippen LogP contribution in [0.15, 0.2) is 30.3 Å². The van der Waals surface area contributed by atoms with Gasteiger partial charge in [-0.3, -0.25) is 0 Å². The van der Waals surface area contributed by atoms with Gasteiger partial charge in [-0.05, 0) is 25.5 Å². The Bertz CT molecular complexity index is 500. The summed E-state index contributed by atoms with van der Waals surface area (Å²) in [6, 6.07) is 10.1. The van der Waals surface area contributed by atoms with Gasteiger partial charge in [-0.2, -0.15) is 0 Å². The molecular formula is C16H22N2O2.